The van der Waals surface area contributed by atoms with E-state index in [0.29, 0.717) is 5.69 Å². The number of benzene rings is 1. The van der Waals surface area contributed by atoms with E-state index in [2.05, 4.69) is 10.6 Å². The summed E-state index contributed by atoms with van der Waals surface area (Å²) in [4.78, 5) is 12.8. The maximum Gasteiger partial charge on any atom is 0.319 e. The number of urea groups is 1. The fraction of sp³-hybridized carbons (Fsp3) is 0.154. The molecule has 0 fully saturated rings. The van der Waals surface area contributed by atoms with Crippen LogP contribution in [0.1, 0.15) is 17.8 Å². The summed E-state index contributed by atoms with van der Waals surface area (Å²) < 4.78 is 12.7. The molecule has 0 saturated carbocycles. The summed E-state index contributed by atoms with van der Waals surface area (Å²) in [6.07, 6.45) is 0. The van der Waals surface area contributed by atoms with Crippen molar-refractivity contribution in [3.63, 3.8) is 0 Å². The van der Waals surface area contributed by atoms with Crippen LogP contribution < -0.4 is 10.6 Å². The van der Waals surface area contributed by atoms with Crippen LogP contribution in [0.25, 0.3) is 0 Å². The number of hydrogen-bond acceptors (Lipinski definition) is 2. The zero-order chi connectivity index (χ0) is 13.0. The summed E-state index contributed by atoms with van der Waals surface area (Å²) in [6.45, 7) is 1.91. The molecule has 18 heavy (non-hydrogen) atoms. The van der Waals surface area contributed by atoms with Gasteiger partial charge in [-0.25, -0.2) is 9.18 Å². The van der Waals surface area contributed by atoms with Crippen molar-refractivity contribution in [2.24, 2.45) is 0 Å². The standard InChI is InChI=1S/C13H13FN2OS/c1-9(12-3-2-8-18-12)15-13(17)16-11-6-4-10(14)5-7-11/h2-9H,1H3,(H2,15,16,17). The molecule has 0 saturated heterocycles. The molecule has 3 nitrogen and oxygen atoms in total. The maximum absolute atomic E-state index is 12.7. The number of carbonyl (C=O) groups is 1. The summed E-state index contributed by atoms with van der Waals surface area (Å²) >= 11 is 1.59. The molecule has 0 bridgehead atoms. The Morgan fingerprint density at radius 3 is 2.61 bits per heavy atom. The fourth-order valence-electron chi connectivity index (χ4n) is 1.51. The fourth-order valence-corrected chi connectivity index (χ4v) is 2.24. The second kappa shape index (κ2) is 5.64. The highest BCUT2D eigenvalue weighted by molar-refractivity contribution is 7.10. The Bertz CT molecular complexity index is 510. The van der Waals surface area contributed by atoms with Crippen LogP contribution >= 0.6 is 11.3 Å². The first-order valence-electron chi connectivity index (χ1n) is 5.51. The first kappa shape index (κ1) is 12.6. The van der Waals surface area contributed by atoms with Gasteiger partial charge in [0.05, 0.1) is 6.04 Å². The lowest BCUT2D eigenvalue weighted by Crippen LogP contribution is -2.30. The summed E-state index contributed by atoms with van der Waals surface area (Å²) in [5.41, 5.74) is 0.562. The molecule has 2 rings (SSSR count). The number of thiophene rings is 1. The molecular weight excluding hydrogens is 251 g/mol. The van der Waals surface area contributed by atoms with E-state index in [4.69, 9.17) is 0 Å². The van der Waals surface area contributed by atoms with E-state index >= 15 is 0 Å². The molecule has 1 atom stereocenters. The predicted molar refractivity (Wildman–Crippen MR) is 71.3 cm³/mol. The number of anilines is 1. The lowest BCUT2D eigenvalue weighted by molar-refractivity contribution is 0.249. The Morgan fingerprint density at radius 2 is 2.00 bits per heavy atom. The maximum atomic E-state index is 12.7. The highest BCUT2D eigenvalue weighted by Gasteiger charge is 2.10. The van der Waals surface area contributed by atoms with Gasteiger partial charge in [-0.05, 0) is 42.6 Å². The first-order chi connectivity index (χ1) is 8.65. The number of rotatable bonds is 3. The molecule has 0 aliphatic rings. The van der Waals surface area contributed by atoms with Gasteiger partial charge >= 0.3 is 6.03 Å². The Balaban J connectivity index is 1.91. The number of halogens is 1. The minimum atomic E-state index is -0.326. The van der Waals surface area contributed by atoms with E-state index in [9.17, 15) is 9.18 Å². The minimum absolute atomic E-state index is 0.0505. The molecule has 1 aromatic heterocycles. The summed E-state index contributed by atoms with van der Waals surface area (Å²) in [5, 5.41) is 7.43. The van der Waals surface area contributed by atoms with E-state index in [-0.39, 0.29) is 17.9 Å². The van der Waals surface area contributed by atoms with Crippen LogP contribution in [0.3, 0.4) is 0 Å². The molecule has 5 heteroatoms. The zero-order valence-corrected chi connectivity index (χ0v) is 10.6. The van der Waals surface area contributed by atoms with Crippen molar-refractivity contribution in [1.29, 1.82) is 0 Å². The monoisotopic (exact) mass is 264 g/mol. The van der Waals surface area contributed by atoms with Crippen LogP contribution in [0.4, 0.5) is 14.9 Å². The molecule has 2 aromatic rings. The Labute approximate surface area is 109 Å². The van der Waals surface area contributed by atoms with Crippen LogP contribution in [0.2, 0.25) is 0 Å². The van der Waals surface area contributed by atoms with Crippen molar-refractivity contribution in [2.45, 2.75) is 13.0 Å². The van der Waals surface area contributed by atoms with Crippen molar-refractivity contribution < 1.29 is 9.18 Å². The number of hydrogen-bond donors (Lipinski definition) is 2. The number of carbonyl (C=O) groups excluding carboxylic acids is 1. The Hall–Kier alpha value is -1.88. The lowest BCUT2D eigenvalue weighted by Gasteiger charge is -2.13. The van der Waals surface area contributed by atoms with Gasteiger partial charge in [0.25, 0.3) is 0 Å². The van der Waals surface area contributed by atoms with Crippen molar-refractivity contribution in [3.8, 4) is 0 Å². The lowest BCUT2D eigenvalue weighted by atomic mass is 10.3. The molecule has 0 aliphatic carbocycles. The normalized spacial score (nSPS) is 11.9. The smallest absolute Gasteiger partial charge is 0.319 e. The van der Waals surface area contributed by atoms with Crippen LogP contribution in [-0.2, 0) is 0 Å². The van der Waals surface area contributed by atoms with Gasteiger partial charge in [-0.1, -0.05) is 6.07 Å². The highest BCUT2D eigenvalue weighted by atomic mass is 32.1. The third-order valence-corrected chi connectivity index (χ3v) is 3.47. The minimum Gasteiger partial charge on any atom is -0.331 e. The number of amides is 2. The van der Waals surface area contributed by atoms with E-state index in [1.165, 1.54) is 24.3 Å². The molecule has 0 spiro atoms. The SMILES string of the molecule is CC(NC(=O)Nc1ccc(F)cc1)c1cccs1. The third-order valence-electron chi connectivity index (χ3n) is 2.42. The van der Waals surface area contributed by atoms with Crippen molar-refractivity contribution in [2.75, 3.05) is 5.32 Å². The molecule has 1 unspecified atom stereocenters. The van der Waals surface area contributed by atoms with Gasteiger partial charge in [-0.2, -0.15) is 0 Å². The van der Waals surface area contributed by atoms with E-state index in [1.54, 1.807) is 11.3 Å². The molecule has 0 radical (unpaired) electrons. The van der Waals surface area contributed by atoms with Crippen LogP contribution in [0, 0.1) is 5.82 Å². The average Bonchev–Trinajstić information content (AvgIpc) is 2.85. The van der Waals surface area contributed by atoms with E-state index in [1.807, 2.05) is 24.4 Å². The predicted octanol–water partition coefficient (Wildman–Crippen LogP) is 3.77. The van der Waals surface area contributed by atoms with E-state index in [0.717, 1.165) is 4.88 Å². The van der Waals surface area contributed by atoms with Crippen molar-refractivity contribution in [3.05, 3.63) is 52.5 Å². The molecule has 1 heterocycles. The first-order valence-corrected chi connectivity index (χ1v) is 6.39. The summed E-state index contributed by atoms with van der Waals surface area (Å²) in [5.74, 6) is -0.326. The van der Waals surface area contributed by atoms with Gasteiger partial charge in [0.15, 0.2) is 0 Å². The van der Waals surface area contributed by atoms with Crippen LogP contribution in [-0.4, -0.2) is 6.03 Å². The molecule has 2 amide bonds. The van der Waals surface area contributed by atoms with Gasteiger partial charge in [0, 0.05) is 10.6 Å². The van der Waals surface area contributed by atoms with E-state index < -0.39 is 0 Å². The van der Waals surface area contributed by atoms with Gasteiger partial charge in [0.2, 0.25) is 0 Å². The summed E-state index contributed by atoms with van der Waals surface area (Å²) in [6, 6.07) is 9.20. The molecule has 2 N–H and O–H groups in total. The third kappa shape index (κ3) is 3.30. The highest BCUT2D eigenvalue weighted by Crippen LogP contribution is 2.18. The average molecular weight is 264 g/mol. The zero-order valence-electron chi connectivity index (χ0n) is 9.81. The quantitative estimate of drug-likeness (QED) is 0.870. The number of nitrogens with one attached hydrogen (secondary N) is 2. The Kier molecular flexibility index (Phi) is 3.94. The molecule has 94 valence electrons. The topological polar surface area (TPSA) is 41.1 Å². The van der Waals surface area contributed by atoms with Crippen molar-refractivity contribution >= 4 is 23.1 Å². The Morgan fingerprint density at radius 1 is 1.28 bits per heavy atom. The second-order valence-corrected chi connectivity index (χ2v) is 4.82. The summed E-state index contributed by atoms with van der Waals surface area (Å²) in [7, 11) is 0. The molecular formula is C13H13FN2OS. The van der Waals surface area contributed by atoms with Crippen molar-refractivity contribution in [1.82, 2.24) is 5.32 Å². The van der Waals surface area contributed by atoms with Gasteiger partial charge < -0.3 is 10.6 Å². The van der Waals surface area contributed by atoms with Gasteiger partial charge in [-0.15, -0.1) is 11.3 Å². The second-order valence-electron chi connectivity index (χ2n) is 3.84. The molecule has 1 aromatic carbocycles. The van der Waals surface area contributed by atoms with Gasteiger partial charge in [-0.3, -0.25) is 0 Å². The van der Waals surface area contributed by atoms with Crippen LogP contribution in [0.5, 0.6) is 0 Å². The molecule has 0 aliphatic heterocycles. The largest absolute Gasteiger partial charge is 0.331 e. The van der Waals surface area contributed by atoms with Crippen LogP contribution in [0.15, 0.2) is 41.8 Å². The van der Waals surface area contributed by atoms with Gasteiger partial charge in [0.1, 0.15) is 5.82 Å².